The summed E-state index contributed by atoms with van der Waals surface area (Å²) in [4.78, 5) is 15.5. The summed E-state index contributed by atoms with van der Waals surface area (Å²) in [6, 6.07) is 11.0. The molecule has 0 bridgehead atoms. The zero-order chi connectivity index (χ0) is 14.2. The molecule has 21 heavy (non-hydrogen) atoms. The largest absolute Gasteiger partial charge is 0.361 e. The molecule has 0 saturated heterocycles. The number of carbonyl (C=O) groups excluding carboxylic acids is 1. The smallest absolute Gasteiger partial charge is 0.257 e. The Hall–Kier alpha value is -3.22. The Morgan fingerprint density at radius 2 is 2.14 bits per heavy atom. The number of benzene rings is 1. The van der Waals surface area contributed by atoms with Gasteiger partial charge in [0.15, 0.2) is 5.65 Å². The predicted octanol–water partition coefficient (Wildman–Crippen LogP) is 1.86. The minimum absolute atomic E-state index is 0.207. The number of tetrazole rings is 1. The monoisotopic (exact) mass is 278 g/mol. The third kappa shape index (κ3) is 1.91. The van der Waals surface area contributed by atoms with E-state index in [4.69, 9.17) is 0 Å². The van der Waals surface area contributed by atoms with Gasteiger partial charge in [0.05, 0.1) is 11.3 Å². The van der Waals surface area contributed by atoms with Gasteiger partial charge in [-0.3, -0.25) is 4.79 Å². The van der Waals surface area contributed by atoms with E-state index in [1.165, 1.54) is 4.52 Å². The molecule has 0 saturated carbocycles. The summed E-state index contributed by atoms with van der Waals surface area (Å²) >= 11 is 0. The third-order valence-electron chi connectivity index (χ3n) is 3.30. The highest BCUT2D eigenvalue weighted by Crippen LogP contribution is 2.22. The van der Waals surface area contributed by atoms with Crippen LogP contribution in [0.1, 0.15) is 10.4 Å². The first-order valence-electron chi connectivity index (χ1n) is 6.36. The maximum atomic E-state index is 12.3. The number of pyridine rings is 1. The van der Waals surface area contributed by atoms with Gasteiger partial charge < -0.3 is 10.3 Å². The van der Waals surface area contributed by atoms with Crippen LogP contribution in [0.5, 0.6) is 0 Å². The molecule has 7 nitrogen and oxygen atoms in total. The first-order valence-corrected chi connectivity index (χ1v) is 6.36. The summed E-state index contributed by atoms with van der Waals surface area (Å²) in [6.45, 7) is 0. The molecule has 1 amide bonds. The number of aromatic amines is 1. The van der Waals surface area contributed by atoms with Gasteiger partial charge in [0.25, 0.3) is 5.91 Å². The number of hydrogen-bond donors (Lipinski definition) is 2. The molecule has 4 rings (SSSR count). The van der Waals surface area contributed by atoms with Crippen LogP contribution in [0, 0.1) is 0 Å². The van der Waals surface area contributed by atoms with Gasteiger partial charge in [-0.25, -0.2) is 0 Å². The maximum Gasteiger partial charge on any atom is 0.257 e. The SMILES string of the molecule is O=C(Nc1cccc2[nH]ccc12)c1ccc2nnnn2c1. The molecule has 3 heterocycles. The fraction of sp³-hybridized carbons (Fsp3) is 0. The molecular weight excluding hydrogens is 268 g/mol. The molecule has 0 aliphatic rings. The zero-order valence-electron chi connectivity index (χ0n) is 10.8. The molecule has 1 aromatic carbocycles. The van der Waals surface area contributed by atoms with E-state index in [-0.39, 0.29) is 5.91 Å². The van der Waals surface area contributed by atoms with E-state index in [1.54, 1.807) is 18.3 Å². The number of aromatic nitrogens is 5. The second-order valence-electron chi connectivity index (χ2n) is 4.60. The molecule has 0 fully saturated rings. The maximum absolute atomic E-state index is 12.3. The molecule has 4 aromatic rings. The minimum atomic E-state index is -0.207. The average Bonchev–Trinajstić information content (AvgIpc) is 3.15. The number of hydrogen-bond acceptors (Lipinski definition) is 4. The highest BCUT2D eigenvalue weighted by Gasteiger charge is 2.10. The quantitative estimate of drug-likeness (QED) is 0.585. The van der Waals surface area contributed by atoms with E-state index in [1.807, 2.05) is 30.5 Å². The van der Waals surface area contributed by atoms with Crippen LogP contribution >= 0.6 is 0 Å². The van der Waals surface area contributed by atoms with Crippen molar-refractivity contribution in [1.29, 1.82) is 0 Å². The number of rotatable bonds is 2. The summed E-state index contributed by atoms with van der Waals surface area (Å²) in [5.41, 5.74) is 2.82. The second-order valence-corrected chi connectivity index (χ2v) is 4.60. The number of anilines is 1. The Balaban J connectivity index is 1.70. The van der Waals surface area contributed by atoms with Gasteiger partial charge >= 0.3 is 0 Å². The first kappa shape index (κ1) is 11.6. The van der Waals surface area contributed by atoms with Gasteiger partial charge in [-0.05, 0) is 40.8 Å². The highest BCUT2D eigenvalue weighted by molar-refractivity contribution is 6.08. The van der Waals surface area contributed by atoms with Gasteiger partial charge in [-0.15, -0.1) is 5.10 Å². The van der Waals surface area contributed by atoms with E-state index < -0.39 is 0 Å². The summed E-state index contributed by atoms with van der Waals surface area (Å²) in [6.07, 6.45) is 3.44. The van der Waals surface area contributed by atoms with E-state index >= 15 is 0 Å². The Labute approximate surface area is 118 Å². The number of amides is 1. The second kappa shape index (κ2) is 4.41. The van der Waals surface area contributed by atoms with Crippen LogP contribution in [0.2, 0.25) is 0 Å². The molecule has 3 aromatic heterocycles. The fourth-order valence-electron chi connectivity index (χ4n) is 2.26. The lowest BCUT2D eigenvalue weighted by Gasteiger charge is -2.06. The zero-order valence-corrected chi connectivity index (χ0v) is 10.8. The lowest BCUT2D eigenvalue weighted by Crippen LogP contribution is -2.13. The number of carbonyl (C=O) groups is 1. The lowest BCUT2D eigenvalue weighted by atomic mass is 10.2. The van der Waals surface area contributed by atoms with Gasteiger partial charge in [-0.2, -0.15) is 4.52 Å². The van der Waals surface area contributed by atoms with Gasteiger partial charge in [0.1, 0.15) is 0 Å². The van der Waals surface area contributed by atoms with E-state index in [9.17, 15) is 4.79 Å². The number of nitrogens with one attached hydrogen (secondary N) is 2. The third-order valence-corrected chi connectivity index (χ3v) is 3.30. The summed E-state index contributed by atoms with van der Waals surface area (Å²) < 4.78 is 1.46. The van der Waals surface area contributed by atoms with Crippen LogP contribution in [-0.4, -0.2) is 30.9 Å². The van der Waals surface area contributed by atoms with Crippen molar-refractivity contribution in [2.75, 3.05) is 5.32 Å². The van der Waals surface area contributed by atoms with Crippen LogP contribution < -0.4 is 5.32 Å². The van der Waals surface area contributed by atoms with Crippen molar-refractivity contribution in [3.63, 3.8) is 0 Å². The van der Waals surface area contributed by atoms with Gasteiger partial charge in [0.2, 0.25) is 0 Å². The van der Waals surface area contributed by atoms with Crippen molar-refractivity contribution in [2.24, 2.45) is 0 Å². The van der Waals surface area contributed by atoms with E-state index in [0.29, 0.717) is 11.2 Å². The van der Waals surface area contributed by atoms with Crippen LogP contribution in [0.15, 0.2) is 48.8 Å². The van der Waals surface area contributed by atoms with Crippen molar-refractivity contribution in [2.45, 2.75) is 0 Å². The molecule has 2 N–H and O–H groups in total. The fourth-order valence-corrected chi connectivity index (χ4v) is 2.26. The van der Waals surface area contributed by atoms with E-state index in [0.717, 1.165) is 16.6 Å². The van der Waals surface area contributed by atoms with Crippen molar-refractivity contribution in [3.05, 3.63) is 54.4 Å². The molecule has 0 atom stereocenters. The van der Waals surface area contributed by atoms with Crippen LogP contribution in [0.4, 0.5) is 5.69 Å². The first-order chi connectivity index (χ1) is 10.3. The number of nitrogens with zero attached hydrogens (tertiary/aromatic N) is 4. The number of H-pyrrole nitrogens is 1. The van der Waals surface area contributed by atoms with Crippen LogP contribution in [0.3, 0.4) is 0 Å². The average molecular weight is 278 g/mol. The number of fused-ring (bicyclic) bond motifs is 2. The van der Waals surface area contributed by atoms with E-state index in [2.05, 4.69) is 25.8 Å². The summed E-state index contributed by atoms with van der Waals surface area (Å²) in [5.74, 6) is -0.207. The standard InChI is InChI=1S/C14H10N6O/c21-14(9-4-5-13-17-18-19-20(13)8-9)16-12-3-1-2-11-10(12)6-7-15-11/h1-8,15H,(H,16,21). The topological polar surface area (TPSA) is 88.0 Å². The summed E-state index contributed by atoms with van der Waals surface area (Å²) in [7, 11) is 0. The Morgan fingerprint density at radius 1 is 1.19 bits per heavy atom. The van der Waals surface area contributed by atoms with Crippen molar-refractivity contribution in [3.8, 4) is 0 Å². The molecule has 0 radical (unpaired) electrons. The van der Waals surface area contributed by atoms with Crippen molar-refractivity contribution < 1.29 is 4.79 Å². The Bertz CT molecular complexity index is 954. The molecule has 0 aliphatic heterocycles. The molecule has 0 spiro atoms. The highest BCUT2D eigenvalue weighted by atomic mass is 16.1. The van der Waals surface area contributed by atoms with Crippen molar-refractivity contribution >= 4 is 28.1 Å². The minimum Gasteiger partial charge on any atom is -0.361 e. The Morgan fingerprint density at radius 3 is 3.10 bits per heavy atom. The summed E-state index contributed by atoms with van der Waals surface area (Å²) in [5, 5.41) is 15.0. The van der Waals surface area contributed by atoms with Crippen LogP contribution in [0.25, 0.3) is 16.6 Å². The molecule has 102 valence electrons. The predicted molar refractivity (Wildman–Crippen MR) is 77.0 cm³/mol. The molecule has 0 unspecified atom stereocenters. The molecule has 0 aliphatic carbocycles. The van der Waals surface area contributed by atoms with Crippen molar-refractivity contribution in [1.82, 2.24) is 25.0 Å². The van der Waals surface area contributed by atoms with Crippen LogP contribution in [-0.2, 0) is 0 Å². The van der Waals surface area contributed by atoms with Gasteiger partial charge in [0, 0.05) is 23.3 Å². The lowest BCUT2D eigenvalue weighted by molar-refractivity contribution is 0.102. The molecule has 7 heteroatoms. The normalized spacial score (nSPS) is 11.0. The Kier molecular flexibility index (Phi) is 2.43. The molecular formula is C14H10N6O. The van der Waals surface area contributed by atoms with Gasteiger partial charge in [-0.1, -0.05) is 6.07 Å².